The van der Waals surface area contributed by atoms with E-state index in [-0.39, 0.29) is 11.9 Å². The van der Waals surface area contributed by atoms with Crippen LogP contribution >= 0.6 is 11.3 Å². The van der Waals surface area contributed by atoms with Crippen LogP contribution in [0.2, 0.25) is 0 Å². The fraction of sp³-hybridized carbons (Fsp3) is 0.714. The Morgan fingerprint density at radius 3 is 2.86 bits per heavy atom. The average Bonchev–Trinajstić information content (AvgIpc) is 3.19. The maximum atomic E-state index is 12.0. The Labute approximate surface area is 173 Å². The summed E-state index contributed by atoms with van der Waals surface area (Å²) in [6, 6.07) is 2.68. The lowest BCUT2D eigenvalue weighted by Gasteiger charge is -2.34. The Hall–Kier alpha value is -1.60. The maximum absolute atomic E-state index is 12.0. The van der Waals surface area contributed by atoms with E-state index in [1.54, 1.807) is 4.88 Å². The predicted octanol–water partition coefficient (Wildman–Crippen LogP) is 2.74. The molecule has 1 N–H and O–H groups in total. The lowest BCUT2D eigenvalue weighted by atomic mass is 9.97. The van der Waals surface area contributed by atoms with Crippen molar-refractivity contribution in [2.75, 3.05) is 39.3 Å². The van der Waals surface area contributed by atoms with Gasteiger partial charge in [0.05, 0.1) is 19.1 Å². The number of nitrogens with one attached hydrogen (secondary N) is 1. The summed E-state index contributed by atoms with van der Waals surface area (Å²) in [7, 11) is 0. The summed E-state index contributed by atoms with van der Waals surface area (Å²) < 4.78 is 5.18. The summed E-state index contributed by atoms with van der Waals surface area (Å²) >= 11 is 1.88. The van der Waals surface area contributed by atoms with E-state index in [1.165, 1.54) is 5.56 Å². The molecule has 0 spiro atoms. The Balaban J connectivity index is 1.53. The summed E-state index contributed by atoms with van der Waals surface area (Å²) in [5, 5.41) is 5.64. The van der Waals surface area contributed by atoms with Crippen LogP contribution in [0, 0.1) is 5.92 Å². The zero-order valence-electron chi connectivity index (χ0n) is 17.4. The van der Waals surface area contributed by atoms with Gasteiger partial charge in [0, 0.05) is 43.6 Å². The molecule has 1 aromatic rings. The minimum Gasteiger partial charge on any atom is -0.466 e. The molecule has 1 saturated heterocycles. The van der Waals surface area contributed by atoms with Crippen molar-refractivity contribution < 1.29 is 9.53 Å². The number of guanidine groups is 1. The molecule has 156 valence electrons. The number of hydrogen-bond acceptors (Lipinski definition) is 5. The van der Waals surface area contributed by atoms with Crippen LogP contribution in [-0.2, 0) is 22.5 Å². The van der Waals surface area contributed by atoms with Gasteiger partial charge in [0.15, 0.2) is 5.96 Å². The molecule has 3 rings (SSSR count). The number of likely N-dealkylation sites (tertiary alicyclic amines) is 1. The molecular weight excluding hydrogens is 372 g/mol. The zero-order valence-corrected chi connectivity index (χ0v) is 18.3. The molecular formula is C21H34N4O2S. The van der Waals surface area contributed by atoms with Crippen molar-refractivity contribution in [2.45, 2.75) is 52.6 Å². The fourth-order valence-electron chi connectivity index (χ4n) is 3.99. The number of fused-ring (bicyclic) bond motifs is 1. The molecule has 3 heterocycles. The van der Waals surface area contributed by atoms with E-state index in [9.17, 15) is 4.79 Å². The van der Waals surface area contributed by atoms with Crippen LogP contribution in [0.1, 0.15) is 44.1 Å². The molecule has 0 amide bonds. The SMILES string of the molecule is CCNC(=NCC(C)N1CCc2sccc2C1)N1CCC(C(=O)OCC)CC1. The van der Waals surface area contributed by atoms with Gasteiger partial charge in [0.25, 0.3) is 0 Å². The van der Waals surface area contributed by atoms with Crippen LogP contribution in [0.3, 0.4) is 0 Å². The van der Waals surface area contributed by atoms with E-state index < -0.39 is 0 Å². The smallest absolute Gasteiger partial charge is 0.309 e. The number of carbonyl (C=O) groups excluding carboxylic acids is 1. The number of aliphatic imine (C=N–C) groups is 1. The molecule has 7 heteroatoms. The van der Waals surface area contributed by atoms with Crippen LogP contribution in [0.4, 0.5) is 0 Å². The number of esters is 1. The Morgan fingerprint density at radius 1 is 1.36 bits per heavy atom. The standard InChI is InChI=1S/C21H34N4O2S/c1-4-22-21(24-10-6-17(7-11-24)20(26)27-5-2)23-14-16(3)25-12-8-19-18(15-25)9-13-28-19/h9,13,16-17H,4-8,10-12,14-15H2,1-3H3,(H,22,23). The highest BCUT2D eigenvalue weighted by molar-refractivity contribution is 7.10. The minimum atomic E-state index is -0.0457. The van der Waals surface area contributed by atoms with Gasteiger partial charge >= 0.3 is 5.97 Å². The van der Waals surface area contributed by atoms with Crippen molar-refractivity contribution >= 4 is 23.3 Å². The van der Waals surface area contributed by atoms with Crippen molar-refractivity contribution in [1.29, 1.82) is 0 Å². The van der Waals surface area contributed by atoms with Gasteiger partial charge in [-0.1, -0.05) is 0 Å². The first kappa shape index (κ1) is 21.1. The summed E-state index contributed by atoms with van der Waals surface area (Å²) in [6.07, 6.45) is 2.83. The number of ether oxygens (including phenoxy) is 1. The van der Waals surface area contributed by atoms with Crippen LogP contribution in [0.15, 0.2) is 16.4 Å². The molecule has 28 heavy (non-hydrogen) atoms. The summed E-state index contributed by atoms with van der Waals surface area (Å²) in [5.74, 6) is 0.964. The molecule has 2 aliphatic rings. The van der Waals surface area contributed by atoms with Gasteiger partial charge in [0.2, 0.25) is 0 Å². The second kappa shape index (κ2) is 10.3. The third kappa shape index (κ3) is 5.26. The van der Waals surface area contributed by atoms with E-state index in [2.05, 4.69) is 40.4 Å². The molecule has 0 radical (unpaired) electrons. The molecule has 1 fully saturated rings. The van der Waals surface area contributed by atoms with Gasteiger partial charge in [-0.2, -0.15) is 0 Å². The van der Waals surface area contributed by atoms with Crippen LogP contribution in [0.5, 0.6) is 0 Å². The van der Waals surface area contributed by atoms with Gasteiger partial charge < -0.3 is 15.0 Å². The lowest BCUT2D eigenvalue weighted by Crippen LogP contribution is -2.47. The highest BCUT2D eigenvalue weighted by Gasteiger charge is 2.27. The van der Waals surface area contributed by atoms with Crippen LogP contribution in [-0.4, -0.2) is 67.1 Å². The fourth-order valence-corrected chi connectivity index (χ4v) is 4.88. The monoisotopic (exact) mass is 406 g/mol. The van der Waals surface area contributed by atoms with Gasteiger partial charge in [-0.05, 0) is 57.0 Å². The number of carbonyl (C=O) groups is 1. The van der Waals surface area contributed by atoms with Crippen LogP contribution in [0.25, 0.3) is 0 Å². The van der Waals surface area contributed by atoms with Crippen molar-refractivity contribution in [3.63, 3.8) is 0 Å². The molecule has 1 atom stereocenters. The lowest BCUT2D eigenvalue weighted by molar-refractivity contribution is -0.149. The Morgan fingerprint density at radius 2 is 2.14 bits per heavy atom. The van der Waals surface area contributed by atoms with Gasteiger partial charge in [0.1, 0.15) is 0 Å². The number of nitrogens with zero attached hydrogens (tertiary/aromatic N) is 3. The van der Waals surface area contributed by atoms with Crippen molar-refractivity contribution in [3.05, 3.63) is 21.9 Å². The average molecular weight is 407 g/mol. The summed E-state index contributed by atoms with van der Waals surface area (Å²) in [6.45, 7) is 12.2. The van der Waals surface area contributed by atoms with Gasteiger partial charge in [-0.3, -0.25) is 14.7 Å². The molecule has 0 aliphatic carbocycles. The Kier molecular flexibility index (Phi) is 7.73. The van der Waals surface area contributed by atoms with Gasteiger partial charge in [-0.15, -0.1) is 11.3 Å². The third-order valence-corrected chi connectivity index (χ3v) is 6.74. The largest absolute Gasteiger partial charge is 0.466 e. The first-order valence-electron chi connectivity index (χ1n) is 10.6. The Bertz CT molecular complexity index is 667. The topological polar surface area (TPSA) is 57.2 Å². The number of hydrogen-bond donors (Lipinski definition) is 1. The van der Waals surface area contributed by atoms with Gasteiger partial charge in [-0.25, -0.2) is 0 Å². The van der Waals surface area contributed by atoms with E-state index in [0.29, 0.717) is 12.6 Å². The third-order valence-electron chi connectivity index (χ3n) is 5.72. The van der Waals surface area contributed by atoms with E-state index in [0.717, 1.165) is 64.5 Å². The molecule has 1 aromatic heterocycles. The first-order chi connectivity index (χ1) is 13.6. The molecule has 1 unspecified atom stereocenters. The van der Waals surface area contributed by atoms with Crippen molar-refractivity contribution in [1.82, 2.24) is 15.1 Å². The van der Waals surface area contributed by atoms with Crippen LogP contribution < -0.4 is 5.32 Å². The zero-order chi connectivity index (χ0) is 19.9. The van der Waals surface area contributed by atoms with Crippen molar-refractivity contribution in [2.24, 2.45) is 10.9 Å². The summed E-state index contributed by atoms with van der Waals surface area (Å²) in [4.78, 5) is 23.3. The van der Waals surface area contributed by atoms with E-state index >= 15 is 0 Å². The van der Waals surface area contributed by atoms with E-state index in [1.807, 2.05) is 18.3 Å². The summed E-state index contributed by atoms with van der Waals surface area (Å²) in [5.41, 5.74) is 1.49. The highest BCUT2D eigenvalue weighted by atomic mass is 32.1. The minimum absolute atomic E-state index is 0.0335. The normalized spacial score (nSPS) is 20.0. The second-order valence-electron chi connectivity index (χ2n) is 7.65. The first-order valence-corrected chi connectivity index (χ1v) is 11.5. The molecule has 0 aromatic carbocycles. The highest BCUT2D eigenvalue weighted by Crippen LogP contribution is 2.25. The quantitative estimate of drug-likeness (QED) is 0.447. The molecule has 2 aliphatic heterocycles. The molecule has 0 saturated carbocycles. The number of rotatable bonds is 6. The van der Waals surface area contributed by atoms with Crippen molar-refractivity contribution in [3.8, 4) is 0 Å². The maximum Gasteiger partial charge on any atom is 0.309 e. The second-order valence-corrected chi connectivity index (χ2v) is 8.65. The molecule has 0 bridgehead atoms. The molecule has 6 nitrogen and oxygen atoms in total. The van der Waals surface area contributed by atoms with E-state index in [4.69, 9.17) is 9.73 Å². The number of thiophene rings is 1. The number of piperidine rings is 1. The predicted molar refractivity (Wildman–Crippen MR) is 115 cm³/mol.